The fraction of sp³-hybridized carbons (Fsp3) is 0.909. The van der Waals surface area contributed by atoms with Gasteiger partial charge in [0.2, 0.25) is 5.91 Å². The van der Waals surface area contributed by atoms with Crippen molar-refractivity contribution in [1.29, 1.82) is 0 Å². The highest BCUT2D eigenvalue weighted by Gasteiger charge is 2.16. The summed E-state index contributed by atoms with van der Waals surface area (Å²) in [5.41, 5.74) is 0. The predicted molar refractivity (Wildman–Crippen MR) is 66.2 cm³/mol. The lowest BCUT2D eigenvalue weighted by molar-refractivity contribution is -0.122. The Bertz CT molecular complexity index is 193. The monoisotopic (exact) mass is 230 g/mol. The largest absolute Gasteiger partial charge is 0.355 e. The van der Waals surface area contributed by atoms with E-state index in [-0.39, 0.29) is 11.9 Å². The van der Waals surface area contributed by atoms with Gasteiger partial charge in [0.1, 0.15) is 0 Å². The molecule has 4 heteroatoms. The highest BCUT2D eigenvalue weighted by Crippen LogP contribution is 2.24. The number of likely N-dealkylation sites (N-methyl/N-ethyl adjacent to an activating group) is 1. The van der Waals surface area contributed by atoms with E-state index in [0.29, 0.717) is 11.8 Å². The van der Waals surface area contributed by atoms with Crippen LogP contribution in [0.25, 0.3) is 0 Å². The highest BCUT2D eigenvalue weighted by atomic mass is 32.2. The first-order valence-corrected chi connectivity index (χ1v) is 6.91. The van der Waals surface area contributed by atoms with Crippen LogP contribution >= 0.6 is 11.8 Å². The van der Waals surface area contributed by atoms with Crippen molar-refractivity contribution in [3.05, 3.63) is 0 Å². The number of carbonyl (C=O) groups excluding carboxylic acids is 1. The van der Waals surface area contributed by atoms with Gasteiger partial charge in [0.25, 0.3) is 0 Å². The van der Waals surface area contributed by atoms with Gasteiger partial charge in [0.05, 0.1) is 6.04 Å². The van der Waals surface area contributed by atoms with Gasteiger partial charge < -0.3 is 10.6 Å². The molecular weight excluding hydrogens is 208 g/mol. The summed E-state index contributed by atoms with van der Waals surface area (Å²) in [7, 11) is 0. The molecule has 1 aliphatic rings. The number of nitrogens with one attached hydrogen (secondary N) is 2. The molecule has 0 aliphatic carbocycles. The van der Waals surface area contributed by atoms with E-state index in [1.807, 2.05) is 25.6 Å². The Labute approximate surface area is 96.8 Å². The number of amides is 1. The number of hydrogen-bond acceptors (Lipinski definition) is 3. The lowest BCUT2D eigenvalue weighted by atomic mass is 10.2. The molecule has 88 valence electrons. The third kappa shape index (κ3) is 4.89. The van der Waals surface area contributed by atoms with Crippen molar-refractivity contribution in [2.45, 2.75) is 44.4 Å². The Morgan fingerprint density at radius 1 is 1.53 bits per heavy atom. The van der Waals surface area contributed by atoms with Gasteiger partial charge >= 0.3 is 0 Å². The fourth-order valence-corrected chi connectivity index (χ4v) is 2.95. The average Bonchev–Trinajstić information content (AvgIpc) is 2.27. The molecule has 2 unspecified atom stereocenters. The molecule has 1 rings (SSSR count). The van der Waals surface area contributed by atoms with Crippen LogP contribution in [0.4, 0.5) is 0 Å². The molecule has 0 aromatic rings. The summed E-state index contributed by atoms with van der Waals surface area (Å²) in [4.78, 5) is 11.4. The van der Waals surface area contributed by atoms with Gasteiger partial charge in [-0.2, -0.15) is 11.8 Å². The zero-order valence-electron chi connectivity index (χ0n) is 9.71. The van der Waals surface area contributed by atoms with Gasteiger partial charge in [-0.3, -0.25) is 4.79 Å². The average molecular weight is 230 g/mol. The van der Waals surface area contributed by atoms with Gasteiger partial charge in [-0.05, 0) is 32.4 Å². The molecule has 0 saturated carbocycles. The molecule has 0 aromatic heterocycles. The van der Waals surface area contributed by atoms with Crippen LogP contribution in [0.3, 0.4) is 0 Å². The number of hydrogen-bond donors (Lipinski definition) is 2. The molecule has 2 N–H and O–H groups in total. The lowest BCUT2D eigenvalue weighted by Gasteiger charge is -2.23. The second kappa shape index (κ2) is 7.12. The van der Waals surface area contributed by atoms with E-state index in [4.69, 9.17) is 0 Å². The van der Waals surface area contributed by atoms with Crippen molar-refractivity contribution < 1.29 is 4.79 Å². The van der Waals surface area contributed by atoms with Crippen molar-refractivity contribution in [3.63, 3.8) is 0 Å². The molecule has 0 radical (unpaired) electrons. The number of carbonyl (C=O) groups is 1. The summed E-state index contributed by atoms with van der Waals surface area (Å²) in [5, 5.41) is 6.83. The molecule has 1 heterocycles. The van der Waals surface area contributed by atoms with Crippen LogP contribution in [0.2, 0.25) is 0 Å². The maximum Gasteiger partial charge on any atom is 0.236 e. The van der Waals surface area contributed by atoms with Crippen molar-refractivity contribution >= 4 is 17.7 Å². The topological polar surface area (TPSA) is 41.1 Å². The van der Waals surface area contributed by atoms with Gasteiger partial charge in [0, 0.05) is 18.3 Å². The molecule has 2 atom stereocenters. The Morgan fingerprint density at radius 2 is 2.33 bits per heavy atom. The molecule has 1 saturated heterocycles. The summed E-state index contributed by atoms with van der Waals surface area (Å²) in [5.74, 6) is 1.39. The van der Waals surface area contributed by atoms with Crippen LogP contribution in [0.15, 0.2) is 0 Å². The minimum Gasteiger partial charge on any atom is -0.355 e. The quantitative estimate of drug-likeness (QED) is 0.750. The van der Waals surface area contributed by atoms with E-state index in [9.17, 15) is 4.79 Å². The standard InChI is InChI=1S/C11H22N2OS/c1-3-12-11(14)9(2)13-8-10-6-4-5-7-15-10/h9-10,13H,3-8H2,1-2H3,(H,12,14). The normalized spacial score (nSPS) is 23.5. The van der Waals surface area contributed by atoms with Crippen molar-refractivity contribution in [2.24, 2.45) is 0 Å². The van der Waals surface area contributed by atoms with Crippen LogP contribution in [0.5, 0.6) is 0 Å². The summed E-state index contributed by atoms with van der Waals surface area (Å²) in [6.45, 7) is 5.55. The van der Waals surface area contributed by atoms with Crippen LogP contribution in [-0.2, 0) is 4.79 Å². The van der Waals surface area contributed by atoms with E-state index in [1.54, 1.807) is 0 Å². The van der Waals surface area contributed by atoms with E-state index in [2.05, 4.69) is 10.6 Å². The molecule has 1 fully saturated rings. The van der Waals surface area contributed by atoms with E-state index < -0.39 is 0 Å². The highest BCUT2D eigenvalue weighted by molar-refractivity contribution is 7.99. The van der Waals surface area contributed by atoms with Crippen LogP contribution in [-0.4, -0.2) is 36.0 Å². The molecule has 0 bridgehead atoms. The Balaban J connectivity index is 2.14. The maximum atomic E-state index is 11.4. The maximum absolute atomic E-state index is 11.4. The summed E-state index contributed by atoms with van der Waals surface area (Å²) < 4.78 is 0. The zero-order chi connectivity index (χ0) is 11.1. The number of thioether (sulfide) groups is 1. The minimum atomic E-state index is -0.0625. The molecule has 3 nitrogen and oxygen atoms in total. The molecule has 0 spiro atoms. The van der Waals surface area contributed by atoms with Crippen molar-refractivity contribution in [3.8, 4) is 0 Å². The summed E-state index contributed by atoms with van der Waals surface area (Å²) in [6.07, 6.45) is 3.99. The molecule has 15 heavy (non-hydrogen) atoms. The molecule has 1 aliphatic heterocycles. The SMILES string of the molecule is CCNC(=O)C(C)NCC1CCCCS1. The first-order chi connectivity index (χ1) is 7.24. The smallest absolute Gasteiger partial charge is 0.236 e. The minimum absolute atomic E-state index is 0.0625. The predicted octanol–water partition coefficient (Wildman–Crippen LogP) is 1.39. The number of rotatable bonds is 5. The van der Waals surface area contributed by atoms with Crippen molar-refractivity contribution in [1.82, 2.24) is 10.6 Å². The Morgan fingerprint density at radius 3 is 2.93 bits per heavy atom. The Hall–Kier alpha value is -0.220. The van der Waals surface area contributed by atoms with Crippen molar-refractivity contribution in [2.75, 3.05) is 18.8 Å². The van der Waals surface area contributed by atoms with E-state index in [1.165, 1.54) is 25.0 Å². The van der Waals surface area contributed by atoms with E-state index in [0.717, 1.165) is 6.54 Å². The molecule has 0 aromatic carbocycles. The summed E-state index contributed by atoms with van der Waals surface area (Å²) >= 11 is 2.04. The van der Waals surface area contributed by atoms with E-state index >= 15 is 0 Å². The van der Waals surface area contributed by atoms with Crippen LogP contribution in [0, 0.1) is 0 Å². The first-order valence-electron chi connectivity index (χ1n) is 5.86. The third-order valence-electron chi connectivity index (χ3n) is 2.67. The third-order valence-corrected chi connectivity index (χ3v) is 4.07. The van der Waals surface area contributed by atoms with Gasteiger partial charge in [-0.25, -0.2) is 0 Å². The van der Waals surface area contributed by atoms with Gasteiger partial charge in [0.15, 0.2) is 0 Å². The molecule has 1 amide bonds. The van der Waals surface area contributed by atoms with Gasteiger partial charge in [-0.1, -0.05) is 6.42 Å². The van der Waals surface area contributed by atoms with Crippen LogP contribution in [0.1, 0.15) is 33.1 Å². The lowest BCUT2D eigenvalue weighted by Crippen LogP contribution is -2.44. The summed E-state index contributed by atoms with van der Waals surface area (Å²) in [6, 6.07) is -0.0625. The zero-order valence-corrected chi connectivity index (χ0v) is 10.5. The second-order valence-corrected chi connectivity index (χ2v) is 5.42. The van der Waals surface area contributed by atoms with Crippen LogP contribution < -0.4 is 10.6 Å². The first kappa shape index (κ1) is 12.8. The fourth-order valence-electron chi connectivity index (χ4n) is 1.70. The molecular formula is C11H22N2OS. The Kier molecular flexibility index (Phi) is 6.10. The second-order valence-electron chi connectivity index (χ2n) is 4.01. The van der Waals surface area contributed by atoms with Gasteiger partial charge in [-0.15, -0.1) is 0 Å².